The van der Waals surface area contributed by atoms with Gasteiger partial charge in [0, 0.05) is 32.2 Å². The highest BCUT2D eigenvalue weighted by atomic mass is 16.7. The van der Waals surface area contributed by atoms with Crippen molar-refractivity contribution in [2.24, 2.45) is 0 Å². The van der Waals surface area contributed by atoms with Gasteiger partial charge in [-0.25, -0.2) is 0 Å². The second kappa shape index (κ2) is 5.26. The first-order valence-corrected chi connectivity index (χ1v) is 7.73. The third-order valence-corrected chi connectivity index (χ3v) is 4.76. The molecule has 0 bridgehead atoms. The number of benzene rings is 1. The van der Waals surface area contributed by atoms with Crippen LogP contribution >= 0.6 is 0 Å². The molecular formula is C16H22N2O2. The molecule has 20 heavy (non-hydrogen) atoms. The van der Waals surface area contributed by atoms with E-state index in [1.807, 2.05) is 6.07 Å². The van der Waals surface area contributed by atoms with Crippen LogP contribution in [0.3, 0.4) is 0 Å². The van der Waals surface area contributed by atoms with Gasteiger partial charge in [-0.3, -0.25) is 9.80 Å². The van der Waals surface area contributed by atoms with Gasteiger partial charge in [0.05, 0.1) is 0 Å². The van der Waals surface area contributed by atoms with E-state index in [0.29, 0.717) is 6.79 Å². The molecule has 3 aliphatic rings. The number of hydrogen-bond acceptors (Lipinski definition) is 4. The van der Waals surface area contributed by atoms with E-state index in [9.17, 15) is 0 Å². The van der Waals surface area contributed by atoms with Gasteiger partial charge < -0.3 is 9.47 Å². The monoisotopic (exact) mass is 274 g/mol. The first-order valence-electron chi connectivity index (χ1n) is 7.73. The maximum absolute atomic E-state index is 5.47. The van der Waals surface area contributed by atoms with Crippen molar-refractivity contribution < 1.29 is 9.47 Å². The van der Waals surface area contributed by atoms with Gasteiger partial charge in [0.1, 0.15) is 0 Å². The van der Waals surface area contributed by atoms with Gasteiger partial charge in [-0.1, -0.05) is 12.5 Å². The van der Waals surface area contributed by atoms with Gasteiger partial charge in [0.2, 0.25) is 6.79 Å². The minimum Gasteiger partial charge on any atom is -0.454 e. The molecule has 3 aliphatic heterocycles. The summed E-state index contributed by atoms with van der Waals surface area (Å²) >= 11 is 0. The zero-order valence-corrected chi connectivity index (χ0v) is 11.9. The summed E-state index contributed by atoms with van der Waals surface area (Å²) in [6.45, 7) is 6.33. The average Bonchev–Trinajstić information content (AvgIpc) is 2.95. The maximum atomic E-state index is 5.47. The molecule has 108 valence electrons. The van der Waals surface area contributed by atoms with Gasteiger partial charge in [0.15, 0.2) is 11.5 Å². The molecule has 4 heteroatoms. The molecule has 0 aliphatic carbocycles. The first kappa shape index (κ1) is 12.5. The lowest BCUT2D eigenvalue weighted by atomic mass is 9.99. The molecule has 1 unspecified atom stereocenters. The van der Waals surface area contributed by atoms with Gasteiger partial charge in [0.25, 0.3) is 0 Å². The van der Waals surface area contributed by atoms with Crippen LogP contribution in [0.4, 0.5) is 0 Å². The highest BCUT2D eigenvalue weighted by Crippen LogP contribution is 2.33. The lowest BCUT2D eigenvalue weighted by Crippen LogP contribution is -2.54. The lowest BCUT2D eigenvalue weighted by Gasteiger charge is -2.44. The SMILES string of the molecule is c1cc2c(cc1CN1CCN3CCCCC3C1)OCO2. The summed E-state index contributed by atoms with van der Waals surface area (Å²) in [6.07, 6.45) is 4.16. The zero-order valence-electron chi connectivity index (χ0n) is 11.9. The van der Waals surface area contributed by atoms with Crippen LogP contribution in [0.2, 0.25) is 0 Å². The van der Waals surface area contributed by atoms with Crippen molar-refractivity contribution in [2.45, 2.75) is 31.8 Å². The standard InChI is InChI=1S/C16H22N2O2/c1-2-6-18-8-7-17(11-14(18)3-1)10-13-4-5-15-16(9-13)20-12-19-15/h4-5,9,14H,1-3,6-8,10-12H2. The summed E-state index contributed by atoms with van der Waals surface area (Å²) in [7, 11) is 0. The fourth-order valence-corrected chi connectivity index (χ4v) is 3.66. The van der Waals surface area contributed by atoms with E-state index in [2.05, 4.69) is 21.9 Å². The molecule has 1 atom stereocenters. The van der Waals surface area contributed by atoms with Crippen molar-refractivity contribution in [3.63, 3.8) is 0 Å². The Hall–Kier alpha value is -1.26. The highest BCUT2D eigenvalue weighted by molar-refractivity contribution is 5.44. The lowest BCUT2D eigenvalue weighted by molar-refractivity contribution is 0.0456. The summed E-state index contributed by atoms with van der Waals surface area (Å²) in [5.74, 6) is 1.78. The highest BCUT2D eigenvalue weighted by Gasteiger charge is 2.28. The van der Waals surface area contributed by atoms with Crippen LogP contribution in [-0.2, 0) is 6.54 Å². The second-order valence-corrected chi connectivity index (χ2v) is 6.11. The van der Waals surface area contributed by atoms with E-state index in [4.69, 9.17) is 9.47 Å². The Morgan fingerprint density at radius 3 is 3.00 bits per heavy atom. The number of hydrogen-bond donors (Lipinski definition) is 0. The summed E-state index contributed by atoms with van der Waals surface area (Å²) in [6, 6.07) is 7.12. The molecule has 2 fully saturated rings. The molecule has 1 aromatic rings. The van der Waals surface area contributed by atoms with Crippen molar-refractivity contribution >= 4 is 0 Å². The minimum atomic E-state index is 0.361. The Morgan fingerprint density at radius 2 is 2.00 bits per heavy atom. The summed E-state index contributed by atoms with van der Waals surface area (Å²) in [5, 5.41) is 0. The van der Waals surface area contributed by atoms with Gasteiger partial charge >= 0.3 is 0 Å². The van der Waals surface area contributed by atoms with E-state index in [0.717, 1.165) is 24.1 Å². The van der Waals surface area contributed by atoms with Crippen LogP contribution in [0.5, 0.6) is 11.5 Å². The predicted molar refractivity (Wildman–Crippen MR) is 77.1 cm³/mol. The van der Waals surface area contributed by atoms with E-state index in [1.165, 1.54) is 51.0 Å². The van der Waals surface area contributed by atoms with Crippen LogP contribution in [0.1, 0.15) is 24.8 Å². The number of ether oxygens (including phenoxy) is 2. The summed E-state index contributed by atoms with van der Waals surface area (Å²) in [5.41, 5.74) is 1.33. The van der Waals surface area contributed by atoms with E-state index >= 15 is 0 Å². The fourth-order valence-electron chi connectivity index (χ4n) is 3.66. The first-order chi connectivity index (χ1) is 9.88. The number of piperidine rings is 1. The molecule has 4 nitrogen and oxygen atoms in total. The number of fused-ring (bicyclic) bond motifs is 2. The summed E-state index contributed by atoms with van der Waals surface area (Å²) in [4.78, 5) is 5.27. The van der Waals surface area contributed by atoms with Gasteiger partial charge in [-0.2, -0.15) is 0 Å². The maximum Gasteiger partial charge on any atom is 0.231 e. The molecule has 0 amide bonds. The van der Waals surface area contributed by atoms with E-state index < -0.39 is 0 Å². The van der Waals surface area contributed by atoms with Gasteiger partial charge in [-0.15, -0.1) is 0 Å². The second-order valence-electron chi connectivity index (χ2n) is 6.11. The molecule has 0 radical (unpaired) electrons. The molecular weight excluding hydrogens is 252 g/mol. The number of piperazine rings is 1. The smallest absolute Gasteiger partial charge is 0.231 e. The normalized spacial score (nSPS) is 26.5. The molecule has 0 spiro atoms. The zero-order chi connectivity index (χ0) is 13.4. The van der Waals surface area contributed by atoms with Crippen molar-refractivity contribution in [1.82, 2.24) is 9.80 Å². The van der Waals surface area contributed by atoms with Crippen LogP contribution in [0, 0.1) is 0 Å². The predicted octanol–water partition coefficient (Wildman–Crippen LogP) is 2.09. The molecule has 2 saturated heterocycles. The number of rotatable bonds is 2. The molecule has 1 aromatic carbocycles. The summed E-state index contributed by atoms with van der Waals surface area (Å²) < 4.78 is 10.8. The van der Waals surface area contributed by atoms with Crippen LogP contribution in [0.25, 0.3) is 0 Å². The van der Waals surface area contributed by atoms with Crippen LogP contribution in [-0.4, -0.2) is 48.8 Å². The average molecular weight is 274 g/mol. The molecule has 0 aromatic heterocycles. The van der Waals surface area contributed by atoms with Gasteiger partial charge in [-0.05, 0) is 37.1 Å². The van der Waals surface area contributed by atoms with E-state index in [1.54, 1.807) is 0 Å². The minimum absolute atomic E-state index is 0.361. The Kier molecular flexibility index (Phi) is 3.28. The van der Waals surface area contributed by atoms with E-state index in [-0.39, 0.29) is 0 Å². The Morgan fingerprint density at radius 1 is 1.05 bits per heavy atom. The largest absolute Gasteiger partial charge is 0.454 e. The Labute approximate surface area is 120 Å². The Bertz CT molecular complexity index is 491. The van der Waals surface area contributed by atoms with Crippen LogP contribution < -0.4 is 9.47 Å². The van der Waals surface area contributed by atoms with Crippen molar-refractivity contribution in [3.8, 4) is 11.5 Å². The molecule has 3 heterocycles. The fraction of sp³-hybridized carbons (Fsp3) is 0.625. The Balaban J connectivity index is 1.41. The molecule has 0 saturated carbocycles. The van der Waals surface area contributed by atoms with Crippen molar-refractivity contribution in [3.05, 3.63) is 23.8 Å². The molecule has 4 rings (SSSR count). The van der Waals surface area contributed by atoms with Crippen molar-refractivity contribution in [2.75, 3.05) is 33.0 Å². The third-order valence-electron chi connectivity index (χ3n) is 4.76. The van der Waals surface area contributed by atoms with Crippen molar-refractivity contribution in [1.29, 1.82) is 0 Å². The third kappa shape index (κ3) is 2.38. The number of nitrogens with zero attached hydrogens (tertiary/aromatic N) is 2. The van der Waals surface area contributed by atoms with Crippen LogP contribution in [0.15, 0.2) is 18.2 Å². The molecule has 0 N–H and O–H groups in total. The quantitative estimate of drug-likeness (QED) is 0.824. The topological polar surface area (TPSA) is 24.9 Å².